The van der Waals surface area contributed by atoms with E-state index in [-0.39, 0.29) is 12.6 Å². The topological polar surface area (TPSA) is 131 Å². The first-order valence-electron chi connectivity index (χ1n) is 11.0. The number of cyclic esters (lactones) is 1. The van der Waals surface area contributed by atoms with Gasteiger partial charge in [0.25, 0.3) is 0 Å². The first-order chi connectivity index (χ1) is 16.3. The first kappa shape index (κ1) is 21.8. The van der Waals surface area contributed by atoms with E-state index < -0.39 is 24.3 Å². The Morgan fingerprint density at radius 2 is 2.06 bits per heavy atom. The smallest absolute Gasteiger partial charge is 0.416 e. The van der Waals surface area contributed by atoms with Gasteiger partial charge in [-0.05, 0) is 39.0 Å². The largest absolute Gasteiger partial charge is 0.447 e. The third-order valence-corrected chi connectivity index (χ3v) is 6.08. The number of amides is 1. The molecule has 3 aromatic heterocycles. The summed E-state index contributed by atoms with van der Waals surface area (Å²) in [7, 11) is 2.02. The van der Waals surface area contributed by atoms with Crippen molar-refractivity contribution < 1.29 is 19.2 Å². The number of aliphatic hydroxyl groups is 1. The van der Waals surface area contributed by atoms with Crippen molar-refractivity contribution in [1.82, 2.24) is 24.7 Å². The van der Waals surface area contributed by atoms with Crippen molar-refractivity contribution in [3.63, 3.8) is 0 Å². The van der Waals surface area contributed by atoms with Gasteiger partial charge in [0.1, 0.15) is 24.5 Å². The number of hydrogen-bond donors (Lipinski definition) is 2. The number of hydrogen-bond acceptors (Lipinski definition) is 9. The van der Waals surface area contributed by atoms with E-state index in [0.29, 0.717) is 17.5 Å². The zero-order valence-electron chi connectivity index (χ0n) is 19.3. The second kappa shape index (κ2) is 8.41. The van der Waals surface area contributed by atoms with E-state index in [2.05, 4.69) is 49.0 Å². The molecule has 11 heteroatoms. The molecule has 1 aromatic carbocycles. The predicted molar refractivity (Wildman–Crippen MR) is 124 cm³/mol. The summed E-state index contributed by atoms with van der Waals surface area (Å²) >= 11 is 0. The van der Waals surface area contributed by atoms with Gasteiger partial charge in [-0.1, -0.05) is 17.3 Å². The van der Waals surface area contributed by atoms with Gasteiger partial charge in [0.2, 0.25) is 17.7 Å². The molecule has 0 spiro atoms. The molecule has 2 N–H and O–H groups in total. The number of carbonyl (C=O) groups is 1. The molecule has 5 rings (SSSR count). The summed E-state index contributed by atoms with van der Waals surface area (Å²) in [6.45, 7) is 5.60. The predicted octanol–water partition coefficient (Wildman–Crippen LogP) is 3.21. The minimum Gasteiger partial charge on any atom is -0.447 e. The van der Waals surface area contributed by atoms with E-state index in [0.717, 1.165) is 22.2 Å². The second-order valence-electron chi connectivity index (χ2n) is 8.40. The molecule has 0 unspecified atom stereocenters. The van der Waals surface area contributed by atoms with E-state index in [1.54, 1.807) is 13.0 Å². The highest BCUT2D eigenvalue weighted by molar-refractivity contribution is 5.94. The number of aliphatic hydroxyl groups excluding tert-OH is 1. The maximum absolute atomic E-state index is 12.2. The number of aryl methyl sites for hydroxylation is 2. The van der Waals surface area contributed by atoms with Crippen LogP contribution in [0.3, 0.4) is 0 Å². The van der Waals surface area contributed by atoms with Crippen LogP contribution in [0.15, 0.2) is 41.1 Å². The molecule has 0 radical (unpaired) electrons. The standard InChI is InChI=1S/C23H25N7O4/c1-12-10-16-15(6-5-7-17(16)29(12)4)20-27-21(34-28-20)13(2)25-22-24-9-8-19(26-22)30-18(14(3)31)11-33-23(30)32/h5-10,13-14,18,31H,11H2,1-4H3,(H,24,25,26)/t13-,14-,18-/m1/s1. The van der Waals surface area contributed by atoms with Gasteiger partial charge < -0.3 is 24.3 Å². The Balaban J connectivity index is 1.38. The van der Waals surface area contributed by atoms with Crippen molar-refractivity contribution in [2.24, 2.45) is 7.05 Å². The summed E-state index contributed by atoms with van der Waals surface area (Å²) in [5.74, 6) is 1.47. The molecule has 0 bridgehead atoms. The highest BCUT2D eigenvalue weighted by Crippen LogP contribution is 2.30. The Morgan fingerprint density at radius 3 is 2.85 bits per heavy atom. The van der Waals surface area contributed by atoms with Crippen molar-refractivity contribution >= 4 is 28.8 Å². The Kier molecular flexibility index (Phi) is 5.40. The molecule has 34 heavy (non-hydrogen) atoms. The Morgan fingerprint density at radius 1 is 1.24 bits per heavy atom. The quantitative estimate of drug-likeness (QED) is 0.442. The lowest BCUT2D eigenvalue weighted by molar-refractivity contribution is 0.142. The lowest BCUT2D eigenvalue weighted by Crippen LogP contribution is -2.41. The van der Waals surface area contributed by atoms with Crippen LogP contribution in [0.25, 0.3) is 22.3 Å². The van der Waals surface area contributed by atoms with E-state index in [4.69, 9.17) is 9.26 Å². The van der Waals surface area contributed by atoms with Crippen molar-refractivity contribution in [2.75, 3.05) is 16.8 Å². The Hall–Kier alpha value is -3.99. The molecular weight excluding hydrogens is 438 g/mol. The summed E-state index contributed by atoms with van der Waals surface area (Å²) in [4.78, 5) is 26.7. The number of rotatable bonds is 6. The summed E-state index contributed by atoms with van der Waals surface area (Å²) in [5.41, 5.74) is 3.12. The summed E-state index contributed by atoms with van der Waals surface area (Å²) < 4.78 is 12.7. The van der Waals surface area contributed by atoms with Gasteiger partial charge in [-0.3, -0.25) is 4.90 Å². The molecule has 1 aliphatic heterocycles. The Bertz CT molecular complexity index is 1360. The van der Waals surface area contributed by atoms with Crippen LogP contribution in [-0.2, 0) is 11.8 Å². The number of nitrogens with one attached hydrogen (secondary N) is 1. The second-order valence-corrected chi connectivity index (χ2v) is 8.40. The number of anilines is 2. The van der Waals surface area contributed by atoms with E-state index in [9.17, 15) is 9.90 Å². The highest BCUT2D eigenvalue weighted by Gasteiger charge is 2.38. The normalized spacial score (nSPS) is 17.7. The molecule has 0 aliphatic carbocycles. The summed E-state index contributed by atoms with van der Waals surface area (Å²) in [6.07, 6.45) is 0.196. The third kappa shape index (κ3) is 3.73. The number of carbonyl (C=O) groups excluding carboxylic acids is 1. The van der Waals surface area contributed by atoms with E-state index in [1.807, 2.05) is 26.1 Å². The van der Waals surface area contributed by atoms with Crippen molar-refractivity contribution in [3.8, 4) is 11.4 Å². The van der Waals surface area contributed by atoms with Crippen molar-refractivity contribution in [2.45, 2.75) is 39.0 Å². The van der Waals surface area contributed by atoms with E-state index >= 15 is 0 Å². The van der Waals surface area contributed by atoms with Crippen LogP contribution in [0.1, 0.15) is 31.5 Å². The monoisotopic (exact) mass is 463 g/mol. The molecule has 1 saturated heterocycles. The van der Waals surface area contributed by atoms with Crippen LogP contribution in [-0.4, -0.2) is 54.6 Å². The molecule has 4 aromatic rings. The third-order valence-electron chi connectivity index (χ3n) is 6.08. The molecule has 176 valence electrons. The van der Waals surface area contributed by atoms with Gasteiger partial charge in [-0.15, -0.1) is 0 Å². The zero-order valence-corrected chi connectivity index (χ0v) is 19.3. The molecule has 3 atom stereocenters. The van der Waals surface area contributed by atoms with Crippen molar-refractivity contribution in [3.05, 3.63) is 48.1 Å². The SMILES string of the molecule is Cc1cc2c(-c3noc([C@@H](C)Nc4nccc(N5C(=O)OC[C@@H]5[C@@H](C)O)n4)n3)cccc2n1C. The van der Waals surface area contributed by atoms with Gasteiger partial charge in [0.15, 0.2) is 0 Å². The molecule has 1 aliphatic rings. The molecule has 1 amide bonds. The van der Waals surface area contributed by atoms with Crippen LogP contribution in [0.4, 0.5) is 16.6 Å². The lowest BCUT2D eigenvalue weighted by Gasteiger charge is -2.22. The van der Waals surface area contributed by atoms with Gasteiger partial charge in [0, 0.05) is 35.4 Å². The van der Waals surface area contributed by atoms with Gasteiger partial charge in [0.05, 0.1) is 6.10 Å². The maximum Gasteiger partial charge on any atom is 0.416 e. The summed E-state index contributed by atoms with van der Waals surface area (Å²) in [6, 6.07) is 8.77. The lowest BCUT2D eigenvalue weighted by atomic mass is 10.1. The number of benzene rings is 1. The van der Waals surface area contributed by atoms with Crippen molar-refractivity contribution in [1.29, 1.82) is 0 Å². The first-order valence-corrected chi connectivity index (χ1v) is 11.0. The average Bonchev–Trinajstić information content (AvgIpc) is 3.52. The average molecular weight is 463 g/mol. The molecule has 0 saturated carbocycles. The van der Waals surface area contributed by atoms with E-state index in [1.165, 1.54) is 11.1 Å². The molecular formula is C23H25N7O4. The molecule has 4 heterocycles. The fraction of sp³-hybridized carbons (Fsp3) is 0.348. The Labute approximate surface area is 195 Å². The molecule has 1 fully saturated rings. The number of fused-ring (bicyclic) bond motifs is 1. The molecule has 11 nitrogen and oxygen atoms in total. The minimum absolute atomic E-state index is 0.0954. The van der Waals surface area contributed by atoms with Gasteiger partial charge in [-0.2, -0.15) is 9.97 Å². The maximum atomic E-state index is 12.2. The van der Waals surface area contributed by atoms with Crippen LogP contribution >= 0.6 is 0 Å². The minimum atomic E-state index is -0.772. The number of nitrogens with zero attached hydrogens (tertiary/aromatic N) is 6. The van der Waals surface area contributed by atoms with Gasteiger partial charge in [-0.25, -0.2) is 9.78 Å². The van der Waals surface area contributed by atoms with Crippen LogP contribution in [0, 0.1) is 6.92 Å². The fourth-order valence-electron chi connectivity index (χ4n) is 4.07. The number of aromatic nitrogens is 5. The van der Waals surface area contributed by atoms with Crippen LogP contribution in [0.5, 0.6) is 0 Å². The highest BCUT2D eigenvalue weighted by atomic mass is 16.6. The zero-order chi connectivity index (χ0) is 24.0. The van der Waals surface area contributed by atoms with Crippen LogP contribution in [0.2, 0.25) is 0 Å². The summed E-state index contributed by atoms with van der Waals surface area (Å²) in [5, 5.41) is 18.4. The van der Waals surface area contributed by atoms with Gasteiger partial charge >= 0.3 is 6.09 Å². The van der Waals surface area contributed by atoms with Crippen LogP contribution < -0.4 is 10.2 Å². The number of ether oxygens (including phenoxy) is 1. The fourth-order valence-corrected chi connectivity index (χ4v) is 4.07.